The van der Waals surface area contributed by atoms with Crippen molar-refractivity contribution < 1.29 is 9.79 Å². The average molecular weight is 291 g/mol. The first-order chi connectivity index (χ1) is 10.0. The maximum absolute atomic E-state index is 11.5. The summed E-state index contributed by atoms with van der Waals surface area (Å²) in [5, 5.41) is 2.94. The van der Waals surface area contributed by atoms with Crippen LogP contribution in [0.15, 0.2) is 6.07 Å². The third kappa shape index (κ3) is 4.70. The van der Waals surface area contributed by atoms with Crippen LogP contribution in [0, 0.1) is 13.8 Å². The molecule has 1 amide bonds. The van der Waals surface area contributed by atoms with Crippen LogP contribution in [0.4, 0.5) is 5.95 Å². The van der Waals surface area contributed by atoms with Gasteiger partial charge < -0.3 is 4.90 Å². The van der Waals surface area contributed by atoms with Crippen molar-refractivity contribution >= 4 is 17.8 Å². The Bertz CT molecular complexity index is 522. The number of nitrogens with one attached hydrogen (secondary N) is 2. The maximum atomic E-state index is 11.5. The summed E-state index contributed by atoms with van der Waals surface area (Å²) in [5.74, 6) is 1.17. The number of carbonyl (C=O) groups excluding carboxylic acids is 1. The fourth-order valence-electron chi connectivity index (χ4n) is 2.38. The number of rotatable bonds is 5. The van der Waals surface area contributed by atoms with Gasteiger partial charge in [0.15, 0.2) is 0 Å². The van der Waals surface area contributed by atoms with Gasteiger partial charge in [-0.2, -0.15) is 0 Å². The molecule has 0 aliphatic carbocycles. The first-order valence-electron chi connectivity index (χ1n) is 7.28. The van der Waals surface area contributed by atoms with Crippen molar-refractivity contribution in [3.05, 3.63) is 17.5 Å². The number of amides is 1. The molecule has 0 atom stereocenters. The molecule has 7 heteroatoms. The lowest BCUT2D eigenvalue weighted by molar-refractivity contribution is -0.458. The number of carbonyl (C=O) groups is 1. The number of hydrogen-bond donors (Lipinski definition) is 3. The highest BCUT2D eigenvalue weighted by atomic mass is 16.2. The Morgan fingerprint density at radius 2 is 2.14 bits per heavy atom. The first kappa shape index (κ1) is 15.2. The van der Waals surface area contributed by atoms with E-state index in [1.165, 1.54) is 0 Å². The summed E-state index contributed by atoms with van der Waals surface area (Å²) < 4.78 is 0. The summed E-state index contributed by atoms with van der Waals surface area (Å²) in [6.07, 6.45) is 2.53. The van der Waals surface area contributed by atoms with Crippen LogP contribution in [-0.2, 0) is 4.79 Å². The summed E-state index contributed by atoms with van der Waals surface area (Å²) in [5.41, 5.74) is 7.65. The molecule has 0 aromatic carbocycles. The summed E-state index contributed by atoms with van der Waals surface area (Å²) in [6.45, 7) is 6.19. The molecule has 1 fully saturated rings. The molecule has 114 valence electrons. The normalized spacial score (nSPS) is 15.6. The van der Waals surface area contributed by atoms with Gasteiger partial charge in [-0.1, -0.05) is 0 Å². The Kier molecular flexibility index (Phi) is 5.08. The standard InChI is InChI=1S/C14H22N6O/c1-10-9-11(2)18-14(17-10)19-13(15)16-6-4-8-20-7-3-5-12(20)21/h9H,3-8H2,1-2H3,(H3,15,16,17,18,19)/p+1. The van der Waals surface area contributed by atoms with Gasteiger partial charge in [0.05, 0.1) is 6.54 Å². The van der Waals surface area contributed by atoms with Crippen molar-refractivity contribution in [1.82, 2.24) is 14.9 Å². The third-order valence-electron chi connectivity index (χ3n) is 3.32. The molecule has 7 nitrogen and oxygen atoms in total. The lowest BCUT2D eigenvalue weighted by Gasteiger charge is -2.13. The number of anilines is 1. The molecule has 1 aromatic rings. The fraction of sp³-hybridized carbons (Fsp3) is 0.571. The number of aromatic nitrogens is 2. The predicted molar refractivity (Wildman–Crippen MR) is 80.6 cm³/mol. The Morgan fingerprint density at radius 3 is 2.76 bits per heavy atom. The zero-order chi connectivity index (χ0) is 15.2. The van der Waals surface area contributed by atoms with Crippen LogP contribution < -0.4 is 16.0 Å². The Morgan fingerprint density at radius 1 is 1.43 bits per heavy atom. The maximum Gasteiger partial charge on any atom is 0.348 e. The molecular weight excluding hydrogens is 268 g/mol. The summed E-state index contributed by atoms with van der Waals surface area (Å²) in [4.78, 5) is 24.9. The number of hydrogen-bond acceptors (Lipinski definition) is 3. The second kappa shape index (κ2) is 7.01. The van der Waals surface area contributed by atoms with Gasteiger partial charge in [-0.3, -0.25) is 15.5 Å². The van der Waals surface area contributed by atoms with E-state index in [1.807, 2.05) is 24.8 Å². The molecule has 0 radical (unpaired) electrons. The van der Waals surface area contributed by atoms with Crippen molar-refractivity contribution in [2.45, 2.75) is 33.1 Å². The fourth-order valence-corrected chi connectivity index (χ4v) is 2.38. The molecule has 2 rings (SSSR count). The van der Waals surface area contributed by atoms with Gasteiger partial charge in [0.2, 0.25) is 5.91 Å². The molecule has 2 heterocycles. The van der Waals surface area contributed by atoms with Gasteiger partial charge in [-0.25, -0.2) is 15.3 Å². The van der Waals surface area contributed by atoms with Gasteiger partial charge in [-0.15, -0.1) is 0 Å². The van der Waals surface area contributed by atoms with E-state index in [2.05, 4.69) is 20.3 Å². The van der Waals surface area contributed by atoms with E-state index in [-0.39, 0.29) is 5.91 Å². The lowest BCUT2D eigenvalue weighted by atomic mass is 10.4. The molecule has 1 aliphatic rings. The van der Waals surface area contributed by atoms with Crippen molar-refractivity contribution in [1.29, 1.82) is 0 Å². The molecule has 0 unspecified atom stereocenters. The predicted octanol–water partition coefficient (Wildman–Crippen LogP) is -1.09. The van der Waals surface area contributed by atoms with Crippen LogP contribution in [0.2, 0.25) is 0 Å². The molecule has 21 heavy (non-hydrogen) atoms. The Labute approximate surface area is 124 Å². The van der Waals surface area contributed by atoms with E-state index in [9.17, 15) is 4.79 Å². The smallest absolute Gasteiger partial charge is 0.343 e. The highest BCUT2D eigenvalue weighted by Gasteiger charge is 2.18. The van der Waals surface area contributed by atoms with Gasteiger partial charge in [0.1, 0.15) is 0 Å². The van der Waals surface area contributed by atoms with Crippen molar-refractivity contribution in [3.63, 3.8) is 0 Å². The number of guanidine groups is 1. The second-order valence-electron chi connectivity index (χ2n) is 5.28. The van der Waals surface area contributed by atoms with Gasteiger partial charge in [0.25, 0.3) is 5.95 Å². The van der Waals surface area contributed by atoms with Crippen LogP contribution >= 0.6 is 0 Å². The van der Waals surface area contributed by atoms with E-state index in [1.54, 1.807) is 0 Å². The molecule has 0 bridgehead atoms. The minimum atomic E-state index is 0.258. The molecule has 0 spiro atoms. The number of nitrogens with zero attached hydrogens (tertiary/aromatic N) is 3. The van der Waals surface area contributed by atoms with Crippen molar-refractivity contribution in [2.24, 2.45) is 5.73 Å². The van der Waals surface area contributed by atoms with Crippen LogP contribution in [0.25, 0.3) is 0 Å². The van der Waals surface area contributed by atoms with Crippen LogP contribution in [0.1, 0.15) is 30.7 Å². The largest absolute Gasteiger partial charge is 0.348 e. The van der Waals surface area contributed by atoms with E-state index >= 15 is 0 Å². The Hall–Kier alpha value is -2.18. The second-order valence-corrected chi connectivity index (χ2v) is 5.28. The summed E-state index contributed by atoms with van der Waals surface area (Å²) in [6, 6.07) is 1.90. The van der Waals surface area contributed by atoms with E-state index in [4.69, 9.17) is 5.73 Å². The highest BCUT2D eigenvalue weighted by Crippen LogP contribution is 2.08. The van der Waals surface area contributed by atoms with Gasteiger partial charge >= 0.3 is 5.96 Å². The zero-order valence-corrected chi connectivity index (χ0v) is 12.6. The molecular formula is C14H23N6O+. The van der Waals surface area contributed by atoms with Crippen LogP contribution in [-0.4, -0.2) is 46.4 Å². The minimum absolute atomic E-state index is 0.258. The Balaban J connectivity index is 1.77. The minimum Gasteiger partial charge on any atom is -0.343 e. The van der Waals surface area contributed by atoms with Crippen LogP contribution in [0.3, 0.4) is 0 Å². The van der Waals surface area contributed by atoms with E-state index in [0.717, 1.165) is 37.3 Å². The average Bonchev–Trinajstić information content (AvgIpc) is 2.79. The molecule has 1 saturated heterocycles. The third-order valence-corrected chi connectivity index (χ3v) is 3.32. The van der Waals surface area contributed by atoms with Gasteiger partial charge in [-0.05, 0) is 32.8 Å². The van der Waals surface area contributed by atoms with E-state index < -0.39 is 0 Å². The van der Waals surface area contributed by atoms with Crippen molar-refractivity contribution in [3.8, 4) is 0 Å². The molecule has 1 aromatic heterocycles. The SMILES string of the molecule is Cc1cc(C)nc(NC(N)=[NH+]CCCN2CCCC2=O)n1. The summed E-state index contributed by atoms with van der Waals surface area (Å²) in [7, 11) is 0. The number of aryl methyl sites for hydroxylation is 2. The molecule has 4 N–H and O–H groups in total. The lowest BCUT2D eigenvalue weighted by Crippen LogP contribution is -2.77. The quantitative estimate of drug-likeness (QED) is 0.364. The molecule has 1 aliphatic heterocycles. The monoisotopic (exact) mass is 291 g/mol. The van der Waals surface area contributed by atoms with Crippen molar-refractivity contribution in [2.75, 3.05) is 25.0 Å². The number of likely N-dealkylation sites (tertiary alicyclic amines) is 1. The topological polar surface area (TPSA) is 98.1 Å². The summed E-state index contributed by atoms with van der Waals surface area (Å²) >= 11 is 0. The van der Waals surface area contributed by atoms with Gasteiger partial charge in [0, 0.05) is 30.9 Å². The van der Waals surface area contributed by atoms with E-state index in [0.29, 0.717) is 24.9 Å². The number of nitrogens with two attached hydrogens (primary N) is 1. The first-order valence-corrected chi connectivity index (χ1v) is 7.28. The zero-order valence-electron chi connectivity index (χ0n) is 12.6. The highest BCUT2D eigenvalue weighted by molar-refractivity contribution is 5.85. The molecule has 0 saturated carbocycles. The van der Waals surface area contributed by atoms with Crippen LogP contribution in [0.5, 0.6) is 0 Å².